The molecule has 0 saturated heterocycles. The van der Waals surface area contributed by atoms with Crippen LogP contribution in [0.5, 0.6) is 0 Å². The van der Waals surface area contributed by atoms with Crippen molar-refractivity contribution in [1.29, 1.82) is 0 Å². The van der Waals surface area contributed by atoms with E-state index in [2.05, 4.69) is 21.4 Å². The maximum atomic E-state index is 5.64. The number of aromatic nitrogens is 2. The average Bonchev–Trinajstić information content (AvgIpc) is 2.96. The maximum Gasteiger partial charge on any atom is 0.227 e. The molecule has 3 rings (SSSR count). The molecule has 3 N–H and O–H groups in total. The lowest BCUT2D eigenvalue weighted by Crippen LogP contribution is -1.96. The van der Waals surface area contributed by atoms with Crippen molar-refractivity contribution in [3.8, 4) is 10.4 Å². The van der Waals surface area contributed by atoms with Crippen molar-refractivity contribution in [3.63, 3.8) is 0 Å². The molecule has 19 heavy (non-hydrogen) atoms. The van der Waals surface area contributed by atoms with Crippen molar-refractivity contribution >= 4 is 28.7 Å². The van der Waals surface area contributed by atoms with Crippen LogP contribution in [0.15, 0.2) is 54.2 Å². The Hall–Kier alpha value is -2.40. The molecule has 0 aliphatic carbocycles. The first-order chi connectivity index (χ1) is 9.31. The lowest BCUT2D eigenvalue weighted by molar-refractivity contribution is 1.17. The van der Waals surface area contributed by atoms with Crippen molar-refractivity contribution in [2.75, 3.05) is 11.1 Å². The summed E-state index contributed by atoms with van der Waals surface area (Å²) in [6, 6.07) is 11.5. The third kappa shape index (κ3) is 2.71. The van der Waals surface area contributed by atoms with Gasteiger partial charge in [0.15, 0.2) is 0 Å². The van der Waals surface area contributed by atoms with Gasteiger partial charge in [-0.05, 0) is 35.7 Å². The van der Waals surface area contributed by atoms with Gasteiger partial charge < -0.3 is 11.1 Å². The summed E-state index contributed by atoms with van der Waals surface area (Å²) in [4.78, 5) is 9.78. The van der Waals surface area contributed by atoms with Crippen LogP contribution in [-0.2, 0) is 0 Å². The van der Waals surface area contributed by atoms with E-state index in [1.165, 1.54) is 4.88 Å². The fourth-order valence-corrected chi connectivity index (χ4v) is 2.36. The Bertz CT molecular complexity index is 645. The van der Waals surface area contributed by atoms with Crippen molar-refractivity contribution in [1.82, 2.24) is 9.97 Å². The van der Waals surface area contributed by atoms with Gasteiger partial charge in [-0.15, -0.1) is 11.3 Å². The second-order valence-electron chi connectivity index (χ2n) is 4.02. The first-order valence-electron chi connectivity index (χ1n) is 5.80. The third-order valence-electron chi connectivity index (χ3n) is 2.62. The minimum absolute atomic E-state index is 0.574. The zero-order valence-electron chi connectivity index (χ0n) is 10.1. The predicted octanol–water partition coefficient (Wildman–Crippen LogP) is 3.53. The molecule has 0 aliphatic rings. The number of hydrogen-bond donors (Lipinski definition) is 2. The van der Waals surface area contributed by atoms with Gasteiger partial charge in [0.25, 0.3) is 0 Å². The Morgan fingerprint density at radius 3 is 2.37 bits per heavy atom. The zero-order chi connectivity index (χ0) is 13.1. The van der Waals surface area contributed by atoms with Gasteiger partial charge in [-0.25, -0.2) is 9.97 Å². The van der Waals surface area contributed by atoms with E-state index in [0.717, 1.165) is 16.9 Å². The van der Waals surface area contributed by atoms with Gasteiger partial charge in [0, 0.05) is 34.2 Å². The standard InChI is InChI=1S/C14H12N4S/c15-11-3-5-12(6-4-11)18-14-16-8-10(9-17-14)13-2-1-7-19-13/h1-9H,15H2,(H,16,17,18). The Balaban J connectivity index is 1.77. The number of nitrogens with zero attached hydrogens (tertiary/aromatic N) is 2. The normalized spacial score (nSPS) is 10.3. The number of thiophene rings is 1. The van der Waals surface area contributed by atoms with Gasteiger partial charge in [-0.3, -0.25) is 0 Å². The van der Waals surface area contributed by atoms with Crippen LogP contribution in [-0.4, -0.2) is 9.97 Å². The topological polar surface area (TPSA) is 63.8 Å². The Labute approximate surface area is 115 Å². The molecule has 94 valence electrons. The fraction of sp³-hybridized carbons (Fsp3) is 0. The van der Waals surface area contributed by atoms with Crippen LogP contribution in [0.25, 0.3) is 10.4 Å². The summed E-state index contributed by atoms with van der Waals surface area (Å²) < 4.78 is 0. The number of nitrogens with one attached hydrogen (secondary N) is 1. The lowest BCUT2D eigenvalue weighted by atomic mass is 10.3. The summed E-state index contributed by atoms with van der Waals surface area (Å²) in [5.74, 6) is 0.574. The molecule has 0 radical (unpaired) electrons. The van der Waals surface area contributed by atoms with Crippen molar-refractivity contribution in [2.45, 2.75) is 0 Å². The summed E-state index contributed by atoms with van der Waals surface area (Å²) in [6.07, 6.45) is 3.64. The molecule has 0 bridgehead atoms. The highest BCUT2D eigenvalue weighted by molar-refractivity contribution is 7.13. The van der Waals surface area contributed by atoms with Crippen LogP contribution in [0.1, 0.15) is 0 Å². The van der Waals surface area contributed by atoms with Gasteiger partial charge in [-0.1, -0.05) is 6.07 Å². The van der Waals surface area contributed by atoms with Crippen LogP contribution in [0.4, 0.5) is 17.3 Å². The SMILES string of the molecule is Nc1ccc(Nc2ncc(-c3cccs3)cn2)cc1. The highest BCUT2D eigenvalue weighted by atomic mass is 32.1. The Morgan fingerprint density at radius 2 is 1.74 bits per heavy atom. The van der Waals surface area contributed by atoms with Crippen molar-refractivity contribution in [2.24, 2.45) is 0 Å². The second-order valence-corrected chi connectivity index (χ2v) is 4.97. The Kier molecular flexibility index (Phi) is 3.12. The summed E-state index contributed by atoms with van der Waals surface area (Å²) in [5.41, 5.74) is 8.31. The highest BCUT2D eigenvalue weighted by Crippen LogP contribution is 2.23. The molecular formula is C14H12N4S. The quantitative estimate of drug-likeness (QED) is 0.713. The Morgan fingerprint density at radius 1 is 1.00 bits per heavy atom. The molecule has 0 atom stereocenters. The van der Waals surface area contributed by atoms with Crippen LogP contribution in [0, 0.1) is 0 Å². The van der Waals surface area contributed by atoms with Gasteiger partial charge in [-0.2, -0.15) is 0 Å². The lowest BCUT2D eigenvalue weighted by Gasteiger charge is -2.05. The van der Waals surface area contributed by atoms with E-state index in [1.807, 2.05) is 48.1 Å². The average molecular weight is 268 g/mol. The summed E-state index contributed by atoms with van der Waals surface area (Å²) >= 11 is 1.67. The molecule has 3 aromatic rings. The zero-order valence-corrected chi connectivity index (χ0v) is 10.9. The molecule has 2 heterocycles. The molecule has 0 spiro atoms. The monoisotopic (exact) mass is 268 g/mol. The number of rotatable bonds is 3. The summed E-state index contributed by atoms with van der Waals surface area (Å²) in [6.45, 7) is 0. The molecule has 0 unspecified atom stereocenters. The maximum absolute atomic E-state index is 5.64. The molecule has 0 amide bonds. The predicted molar refractivity (Wildman–Crippen MR) is 79.5 cm³/mol. The van der Waals surface area contributed by atoms with Crippen LogP contribution in [0.2, 0.25) is 0 Å². The fourth-order valence-electron chi connectivity index (χ4n) is 1.66. The third-order valence-corrected chi connectivity index (χ3v) is 3.54. The molecule has 0 saturated carbocycles. The highest BCUT2D eigenvalue weighted by Gasteiger charge is 2.01. The molecular weight excluding hydrogens is 256 g/mol. The molecule has 0 aliphatic heterocycles. The number of hydrogen-bond acceptors (Lipinski definition) is 5. The van der Waals surface area contributed by atoms with E-state index in [1.54, 1.807) is 11.3 Å². The number of anilines is 3. The van der Waals surface area contributed by atoms with E-state index in [-0.39, 0.29) is 0 Å². The molecule has 5 heteroatoms. The molecule has 1 aromatic carbocycles. The smallest absolute Gasteiger partial charge is 0.227 e. The number of nitrogen functional groups attached to an aromatic ring is 1. The summed E-state index contributed by atoms with van der Waals surface area (Å²) in [7, 11) is 0. The van der Waals surface area contributed by atoms with E-state index in [0.29, 0.717) is 5.95 Å². The van der Waals surface area contributed by atoms with E-state index in [9.17, 15) is 0 Å². The van der Waals surface area contributed by atoms with Crippen molar-refractivity contribution < 1.29 is 0 Å². The van der Waals surface area contributed by atoms with Crippen LogP contribution >= 0.6 is 11.3 Å². The molecule has 0 fully saturated rings. The van der Waals surface area contributed by atoms with Gasteiger partial charge in [0.2, 0.25) is 5.95 Å². The first kappa shape index (κ1) is 11.7. The van der Waals surface area contributed by atoms with Crippen LogP contribution < -0.4 is 11.1 Å². The molecule has 2 aromatic heterocycles. The van der Waals surface area contributed by atoms with Gasteiger partial charge in [0.05, 0.1) is 0 Å². The van der Waals surface area contributed by atoms with E-state index in [4.69, 9.17) is 5.73 Å². The minimum Gasteiger partial charge on any atom is -0.399 e. The summed E-state index contributed by atoms with van der Waals surface area (Å²) in [5, 5.41) is 5.17. The second kappa shape index (κ2) is 5.07. The number of benzene rings is 1. The largest absolute Gasteiger partial charge is 0.399 e. The van der Waals surface area contributed by atoms with E-state index < -0.39 is 0 Å². The van der Waals surface area contributed by atoms with Gasteiger partial charge >= 0.3 is 0 Å². The van der Waals surface area contributed by atoms with Crippen LogP contribution in [0.3, 0.4) is 0 Å². The van der Waals surface area contributed by atoms with Gasteiger partial charge in [0.1, 0.15) is 0 Å². The van der Waals surface area contributed by atoms with E-state index >= 15 is 0 Å². The number of nitrogens with two attached hydrogens (primary N) is 1. The first-order valence-corrected chi connectivity index (χ1v) is 6.68. The molecule has 4 nitrogen and oxygen atoms in total. The minimum atomic E-state index is 0.574. The van der Waals surface area contributed by atoms with Crippen molar-refractivity contribution in [3.05, 3.63) is 54.2 Å².